The van der Waals surface area contributed by atoms with Crippen LogP contribution in [0.25, 0.3) is 0 Å². The van der Waals surface area contributed by atoms with Crippen molar-refractivity contribution in [2.75, 3.05) is 33.4 Å². The summed E-state index contributed by atoms with van der Waals surface area (Å²) in [4.78, 5) is 34.9. The third-order valence-electron chi connectivity index (χ3n) is 7.96. The maximum absolute atomic E-state index is 12.6. The average molecular weight is 726 g/mol. The monoisotopic (exact) mass is 725 g/mol. The third-order valence-corrected chi connectivity index (χ3v) is 8.95. The Hall–Kier alpha value is -2.03. The summed E-state index contributed by atoms with van der Waals surface area (Å²) < 4.78 is 33.0. The Kier molecular flexibility index (Phi) is 35.3. The highest BCUT2D eigenvalue weighted by Crippen LogP contribution is 2.43. The van der Waals surface area contributed by atoms with E-state index in [-0.39, 0.29) is 32.0 Å². The largest absolute Gasteiger partial charge is 0.472 e. The standard InChI is InChI=1S/C40H72NO8P/c1-4-6-8-10-12-14-16-18-19-21-23-25-27-29-31-33-40(43)49-38(37-48-50(44,45)47-35-34-41-3)36-46-39(42)32-30-28-26-24-22-20-17-15-13-11-9-7-5-2/h6,8,12,14,18-19,23,25,38,41H,4-5,7,9-11,13,15-17,20-22,24,26-37H2,1-3H3,(H,44,45)/b8-6-,14-12-,19-18-,25-23-. The van der Waals surface area contributed by atoms with Gasteiger partial charge in [-0.2, -0.15) is 0 Å². The Morgan fingerprint density at radius 1 is 0.640 bits per heavy atom. The smallest absolute Gasteiger partial charge is 0.462 e. The highest BCUT2D eigenvalue weighted by atomic mass is 31.2. The summed E-state index contributed by atoms with van der Waals surface area (Å²) in [7, 11) is -2.66. The predicted molar refractivity (Wildman–Crippen MR) is 206 cm³/mol. The van der Waals surface area contributed by atoms with Gasteiger partial charge in [0.2, 0.25) is 0 Å². The number of carbonyl (C=O) groups excluding carboxylic acids is 2. The number of unbranched alkanes of at least 4 members (excludes halogenated alkanes) is 14. The van der Waals surface area contributed by atoms with Crippen molar-refractivity contribution in [2.24, 2.45) is 0 Å². The van der Waals surface area contributed by atoms with E-state index in [9.17, 15) is 19.0 Å². The SMILES string of the molecule is CC/C=C\C/C=C\C/C=C\C/C=C\CCCCC(=O)OC(COC(=O)CCCCCCCCCCCCCCC)COP(=O)(O)OCCNC. The fourth-order valence-corrected chi connectivity index (χ4v) is 5.76. The molecule has 0 spiro atoms. The first-order valence-corrected chi connectivity index (χ1v) is 21.1. The van der Waals surface area contributed by atoms with E-state index in [2.05, 4.69) is 67.8 Å². The number of esters is 2. The molecule has 0 bridgehead atoms. The van der Waals surface area contributed by atoms with Crippen molar-refractivity contribution >= 4 is 19.8 Å². The Morgan fingerprint density at radius 2 is 1.14 bits per heavy atom. The third kappa shape index (κ3) is 35.8. The van der Waals surface area contributed by atoms with E-state index in [1.54, 1.807) is 7.05 Å². The average Bonchev–Trinajstić information content (AvgIpc) is 3.09. The second kappa shape index (κ2) is 36.8. The summed E-state index contributed by atoms with van der Waals surface area (Å²) in [6, 6.07) is 0. The van der Waals surface area contributed by atoms with Crippen LogP contribution >= 0.6 is 7.82 Å². The van der Waals surface area contributed by atoms with E-state index in [0.717, 1.165) is 57.8 Å². The minimum absolute atomic E-state index is 0.0257. The first-order chi connectivity index (χ1) is 24.3. The molecule has 0 fully saturated rings. The molecule has 0 aliphatic rings. The first kappa shape index (κ1) is 48.0. The van der Waals surface area contributed by atoms with Crippen LogP contribution < -0.4 is 5.32 Å². The van der Waals surface area contributed by atoms with Gasteiger partial charge < -0.3 is 19.7 Å². The summed E-state index contributed by atoms with van der Waals surface area (Å²) in [5.74, 6) is -0.857. The van der Waals surface area contributed by atoms with Crippen molar-refractivity contribution in [3.8, 4) is 0 Å². The molecule has 0 aliphatic heterocycles. The minimum Gasteiger partial charge on any atom is -0.462 e. The second-order valence-corrected chi connectivity index (χ2v) is 14.2. The Balaban J connectivity index is 4.36. The Bertz CT molecular complexity index is 965. The molecule has 0 aromatic heterocycles. The molecule has 290 valence electrons. The molecule has 0 saturated heterocycles. The lowest BCUT2D eigenvalue weighted by Crippen LogP contribution is -2.29. The summed E-state index contributed by atoms with van der Waals surface area (Å²) >= 11 is 0. The number of phosphoric acid groups is 1. The first-order valence-electron chi connectivity index (χ1n) is 19.6. The molecule has 9 nitrogen and oxygen atoms in total. The number of allylic oxidation sites excluding steroid dienone is 8. The number of ether oxygens (including phenoxy) is 2. The zero-order chi connectivity index (χ0) is 36.8. The molecular weight excluding hydrogens is 653 g/mol. The molecule has 0 aromatic carbocycles. The molecule has 2 atom stereocenters. The fourth-order valence-electron chi connectivity index (χ4n) is 5.01. The molecule has 0 rings (SSSR count). The Morgan fingerprint density at radius 3 is 1.70 bits per heavy atom. The number of hydrogen-bond donors (Lipinski definition) is 2. The van der Waals surface area contributed by atoms with Gasteiger partial charge in [-0.25, -0.2) is 4.57 Å². The molecule has 0 radical (unpaired) electrons. The van der Waals surface area contributed by atoms with Crippen LogP contribution in [0.3, 0.4) is 0 Å². The van der Waals surface area contributed by atoms with Gasteiger partial charge in [-0.1, -0.05) is 140 Å². The number of nitrogens with one attached hydrogen (secondary N) is 1. The molecular formula is C40H72NO8P. The molecule has 0 aromatic rings. The highest BCUT2D eigenvalue weighted by molar-refractivity contribution is 7.47. The number of likely N-dealkylation sites (N-methyl/N-ethyl adjacent to an activating group) is 1. The second-order valence-electron chi connectivity index (χ2n) is 12.7. The van der Waals surface area contributed by atoms with Crippen molar-refractivity contribution in [2.45, 2.75) is 161 Å². The summed E-state index contributed by atoms with van der Waals surface area (Å²) in [6.07, 6.45) is 38.7. The molecule has 10 heteroatoms. The van der Waals surface area contributed by atoms with Crippen LogP contribution in [-0.4, -0.2) is 56.3 Å². The van der Waals surface area contributed by atoms with Crippen molar-refractivity contribution in [1.29, 1.82) is 0 Å². The van der Waals surface area contributed by atoms with Crippen molar-refractivity contribution in [3.05, 3.63) is 48.6 Å². The minimum atomic E-state index is -4.35. The Labute approximate surface area is 305 Å². The van der Waals surface area contributed by atoms with Crippen LogP contribution in [0.1, 0.15) is 155 Å². The van der Waals surface area contributed by atoms with Crippen LogP contribution in [0.4, 0.5) is 0 Å². The summed E-state index contributed by atoms with van der Waals surface area (Å²) in [5, 5.41) is 2.81. The van der Waals surface area contributed by atoms with Gasteiger partial charge in [0.25, 0.3) is 0 Å². The van der Waals surface area contributed by atoms with Crippen LogP contribution in [0.15, 0.2) is 48.6 Å². The zero-order valence-corrected chi connectivity index (χ0v) is 32.7. The number of carbonyl (C=O) groups is 2. The molecule has 50 heavy (non-hydrogen) atoms. The van der Waals surface area contributed by atoms with Crippen molar-refractivity contribution < 1.29 is 37.6 Å². The van der Waals surface area contributed by atoms with Gasteiger partial charge in [-0.05, 0) is 58.4 Å². The quantitative estimate of drug-likeness (QED) is 0.0281. The van der Waals surface area contributed by atoms with Crippen LogP contribution in [0.5, 0.6) is 0 Å². The number of hydrogen-bond acceptors (Lipinski definition) is 8. The molecule has 2 N–H and O–H groups in total. The molecule has 0 aliphatic carbocycles. The number of phosphoric ester groups is 1. The molecule has 2 unspecified atom stereocenters. The van der Waals surface area contributed by atoms with E-state index < -0.39 is 26.5 Å². The van der Waals surface area contributed by atoms with Gasteiger partial charge in [0.1, 0.15) is 6.61 Å². The number of rotatable bonds is 36. The van der Waals surface area contributed by atoms with Crippen LogP contribution in [-0.2, 0) is 32.7 Å². The van der Waals surface area contributed by atoms with Gasteiger partial charge in [0.15, 0.2) is 6.10 Å². The van der Waals surface area contributed by atoms with Gasteiger partial charge in [-0.15, -0.1) is 0 Å². The van der Waals surface area contributed by atoms with Gasteiger partial charge in [-0.3, -0.25) is 18.6 Å². The van der Waals surface area contributed by atoms with Crippen LogP contribution in [0.2, 0.25) is 0 Å². The molecule has 0 saturated carbocycles. The van der Waals surface area contributed by atoms with Crippen molar-refractivity contribution in [3.63, 3.8) is 0 Å². The van der Waals surface area contributed by atoms with Gasteiger partial charge in [0.05, 0.1) is 13.2 Å². The molecule has 0 heterocycles. The normalized spacial score (nSPS) is 13.9. The topological polar surface area (TPSA) is 120 Å². The van der Waals surface area contributed by atoms with E-state index in [1.165, 1.54) is 64.2 Å². The maximum Gasteiger partial charge on any atom is 0.472 e. The van der Waals surface area contributed by atoms with Gasteiger partial charge >= 0.3 is 19.8 Å². The van der Waals surface area contributed by atoms with Crippen molar-refractivity contribution in [1.82, 2.24) is 5.32 Å². The zero-order valence-electron chi connectivity index (χ0n) is 31.8. The summed E-state index contributed by atoms with van der Waals surface area (Å²) in [6.45, 7) is 4.04. The highest BCUT2D eigenvalue weighted by Gasteiger charge is 2.26. The fraction of sp³-hybridized carbons (Fsp3) is 0.750. The van der Waals surface area contributed by atoms with Gasteiger partial charge in [0, 0.05) is 19.4 Å². The predicted octanol–water partition coefficient (Wildman–Crippen LogP) is 10.6. The van der Waals surface area contributed by atoms with Crippen LogP contribution in [0, 0.1) is 0 Å². The summed E-state index contributed by atoms with van der Waals surface area (Å²) in [5.41, 5.74) is 0. The lowest BCUT2D eigenvalue weighted by atomic mass is 10.0. The lowest BCUT2D eigenvalue weighted by molar-refractivity contribution is -0.161. The van der Waals surface area contributed by atoms with E-state index in [4.69, 9.17) is 18.5 Å². The maximum atomic E-state index is 12.6. The lowest BCUT2D eigenvalue weighted by Gasteiger charge is -2.20. The van der Waals surface area contributed by atoms with E-state index >= 15 is 0 Å². The molecule has 0 amide bonds. The van der Waals surface area contributed by atoms with E-state index in [0.29, 0.717) is 13.0 Å². The van der Waals surface area contributed by atoms with E-state index in [1.807, 2.05) is 0 Å².